The summed E-state index contributed by atoms with van der Waals surface area (Å²) in [6.07, 6.45) is 4.91. The lowest BCUT2D eigenvalue weighted by molar-refractivity contribution is -0.125. The lowest BCUT2D eigenvalue weighted by atomic mass is 9.73. The molecule has 2 aliphatic rings. The van der Waals surface area contributed by atoms with Crippen LogP contribution in [0.3, 0.4) is 0 Å². The highest BCUT2D eigenvalue weighted by Gasteiger charge is 2.41. The number of fused-ring (bicyclic) bond motifs is 1. The largest absolute Gasteiger partial charge is 0.381 e. The van der Waals surface area contributed by atoms with Crippen molar-refractivity contribution in [2.24, 2.45) is 0 Å². The van der Waals surface area contributed by atoms with Crippen molar-refractivity contribution in [3.63, 3.8) is 0 Å². The number of carbonyl (C=O) groups excluding carboxylic acids is 1. The number of carbonyl (C=O) groups is 1. The van der Waals surface area contributed by atoms with E-state index in [0.29, 0.717) is 26.1 Å². The maximum Gasteiger partial charge on any atom is 0.235 e. The predicted molar refractivity (Wildman–Crippen MR) is 103 cm³/mol. The highest BCUT2D eigenvalue weighted by molar-refractivity contribution is 9.10. The number of anilines is 1. The van der Waals surface area contributed by atoms with Gasteiger partial charge in [-0.15, -0.1) is 0 Å². The van der Waals surface area contributed by atoms with Gasteiger partial charge in [-0.3, -0.25) is 4.79 Å². The molecule has 0 spiro atoms. The summed E-state index contributed by atoms with van der Waals surface area (Å²) >= 11 is 3.48. The van der Waals surface area contributed by atoms with E-state index in [1.165, 1.54) is 17.5 Å². The standard InChI is InChI=1S/C21H22BrNO2/c22-18-7-5-17(6-8-18)21(10-12-25-13-11-21)20(24)23-19-9-4-15-2-1-3-16(15)14-19/h4-9,14H,1-3,10-13H2,(H,23,24). The van der Waals surface area contributed by atoms with Crippen LogP contribution in [-0.2, 0) is 27.8 Å². The lowest BCUT2D eigenvalue weighted by Crippen LogP contribution is -2.44. The van der Waals surface area contributed by atoms with E-state index in [1.807, 2.05) is 18.2 Å². The predicted octanol–water partition coefficient (Wildman–Crippen LogP) is 4.62. The third kappa shape index (κ3) is 3.25. The van der Waals surface area contributed by atoms with Gasteiger partial charge in [0.1, 0.15) is 0 Å². The fraction of sp³-hybridized carbons (Fsp3) is 0.381. The van der Waals surface area contributed by atoms with Gasteiger partial charge in [0.05, 0.1) is 5.41 Å². The molecule has 0 bridgehead atoms. The number of ether oxygens (including phenoxy) is 1. The third-order valence-electron chi connectivity index (χ3n) is 5.53. The fourth-order valence-corrected chi connectivity index (χ4v) is 4.30. The molecular formula is C21H22BrNO2. The molecule has 0 saturated carbocycles. The van der Waals surface area contributed by atoms with Crippen LogP contribution in [-0.4, -0.2) is 19.1 Å². The molecule has 2 aromatic carbocycles. The number of benzene rings is 2. The minimum atomic E-state index is -0.516. The van der Waals surface area contributed by atoms with Crippen molar-refractivity contribution in [3.8, 4) is 0 Å². The molecule has 130 valence electrons. The summed E-state index contributed by atoms with van der Waals surface area (Å²) in [5, 5.41) is 3.19. The van der Waals surface area contributed by atoms with Gasteiger partial charge in [0.15, 0.2) is 0 Å². The molecule has 1 aliphatic heterocycles. The summed E-state index contributed by atoms with van der Waals surface area (Å²) in [7, 11) is 0. The summed E-state index contributed by atoms with van der Waals surface area (Å²) in [5.74, 6) is 0.0797. The second-order valence-electron chi connectivity index (χ2n) is 6.99. The van der Waals surface area contributed by atoms with Crippen molar-refractivity contribution in [1.82, 2.24) is 0 Å². The molecule has 1 aliphatic carbocycles. The van der Waals surface area contributed by atoms with Crippen LogP contribution < -0.4 is 5.32 Å². The molecule has 1 heterocycles. The van der Waals surface area contributed by atoms with Gasteiger partial charge >= 0.3 is 0 Å². The van der Waals surface area contributed by atoms with Gasteiger partial charge in [0.2, 0.25) is 5.91 Å². The van der Waals surface area contributed by atoms with Crippen molar-refractivity contribution >= 4 is 27.5 Å². The van der Waals surface area contributed by atoms with E-state index >= 15 is 0 Å². The zero-order valence-electron chi connectivity index (χ0n) is 14.2. The molecule has 0 atom stereocenters. The van der Waals surface area contributed by atoms with Crippen molar-refractivity contribution in [2.45, 2.75) is 37.5 Å². The van der Waals surface area contributed by atoms with Crippen LogP contribution in [0.2, 0.25) is 0 Å². The van der Waals surface area contributed by atoms with Crippen LogP contribution in [0.25, 0.3) is 0 Å². The fourth-order valence-electron chi connectivity index (χ4n) is 4.04. The monoisotopic (exact) mass is 399 g/mol. The Morgan fingerprint density at radius 2 is 1.72 bits per heavy atom. The van der Waals surface area contributed by atoms with E-state index in [1.54, 1.807) is 0 Å². The summed E-state index contributed by atoms with van der Waals surface area (Å²) in [5.41, 5.74) is 4.26. The van der Waals surface area contributed by atoms with Gasteiger partial charge < -0.3 is 10.1 Å². The molecule has 1 amide bonds. The average molecular weight is 400 g/mol. The molecule has 25 heavy (non-hydrogen) atoms. The minimum Gasteiger partial charge on any atom is -0.381 e. The number of hydrogen-bond acceptors (Lipinski definition) is 2. The molecule has 1 saturated heterocycles. The Hall–Kier alpha value is -1.65. The van der Waals surface area contributed by atoms with E-state index in [9.17, 15) is 4.79 Å². The molecule has 2 aromatic rings. The van der Waals surface area contributed by atoms with Crippen LogP contribution >= 0.6 is 15.9 Å². The second-order valence-corrected chi connectivity index (χ2v) is 7.91. The molecular weight excluding hydrogens is 378 g/mol. The van der Waals surface area contributed by atoms with Gasteiger partial charge in [-0.25, -0.2) is 0 Å². The summed E-state index contributed by atoms with van der Waals surface area (Å²) in [4.78, 5) is 13.3. The smallest absolute Gasteiger partial charge is 0.235 e. The first-order valence-corrected chi connectivity index (χ1v) is 9.74. The summed E-state index contributed by atoms with van der Waals surface area (Å²) in [6.45, 7) is 1.24. The molecule has 0 radical (unpaired) electrons. The average Bonchev–Trinajstić information content (AvgIpc) is 3.10. The highest BCUT2D eigenvalue weighted by Crippen LogP contribution is 2.37. The van der Waals surface area contributed by atoms with E-state index in [-0.39, 0.29) is 5.91 Å². The van der Waals surface area contributed by atoms with Gasteiger partial charge in [0, 0.05) is 23.4 Å². The molecule has 1 fully saturated rings. The number of rotatable bonds is 3. The Balaban J connectivity index is 1.63. The third-order valence-corrected chi connectivity index (χ3v) is 6.06. The minimum absolute atomic E-state index is 0.0797. The normalized spacial score (nSPS) is 18.6. The van der Waals surface area contributed by atoms with Crippen LogP contribution in [0.4, 0.5) is 5.69 Å². The van der Waals surface area contributed by atoms with E-state index in [2.05, 4.69) is 45.5 Å². The first-order chi connectivity index (χ1) is 12.2. The molecule has 0 aromatic heterocycles. The zero-order chi connectivity index (χ0) is 17.3. The van der Waals surface area contributed by atoms with Crippen LogP contribution in [0, 0.1) is 0 Å². The second kappa shape index (κ2) is 6.93. The number of amides is 1. The highest BCUT2D eigenvalue weighted by atomic mass is 79.9. The van der Waals surface area contributed by atoms with Crippen LogP contribution in [0.5, 0.6) is 0 Å². The maximum absolute atomic E-state index is 13.3. The SMILES string of the molecule is O=C(Nc1ccc2c(c1)CCC2)C1(c2ccc(Br)cc2)CCOCC1. The van der Waals surface area contributed by atoms with E-state index in [0.717, 1.165) is 28.6 Å². The Morgan fingerprint density at radius 3 is 2.48 bits per heavy atom. The first kappa shape index (κ1) is 16.8. The number of aryl methyl sites for hydroxylation is 2. The van der Waals surface area contributed by atoms with E-state index < -0.39 is 5.41 Å². The Kier molecular flexibility index (Phi) is 4.65. The van der Waals surface area contributed by atoms with Crippen molar-refractivity contribution in [2.75, 3.05) is 18.5 Å². The topological polar surface area (TPSA) is 38.3 Å². The molecule has 3 nitrogen and oxygen atoms in total. The lowest BCUT2D eigenvalue weighted by Gasteiger charge is -2.36. The summed E-state index contributed by atoms with van der Waals surface area (Å²) < 4.78 is 6.57. The first-order valence-electron chi connectivity index (χ1n) is 8.94. The number of hydrogen-bond donors (Lipinski definition) is 1. The molecule has 4 rings (SSSR count). The van der Waals surface area contributed by atoms with Crippen molar-refractivity contribution in [3.05, 3.63) is 63.6 Å². The Morgan fingerprint density at radius 1 is 1.00 bits per heavy atom. The van der Waals surface area contributed by atoms with Crippen molar-refractivity contribution < 1.29 is 9.53 Å². The summed E-state index contributed by atoms with van der Waals surface area (Å²) in [6, 6.07) is 14.5. The van der Waals surface area contributed by atoms with Crippen LogP contribution in [0.15, 0.2) is 46.9 Å². The maximum atomic E-state index is 13.3. The molecule has 1 N–H and O–H groups in total. The quantitative estimate of drug-likeness (QED) is 0.816. The number of halogens is 1. The van der Waals surface area contributed by atoms with Crippen LogP contribution in [0.1, 0.15) is 36.0 Å². The van der Waals surface area contributed by atoms with Gasteiger partial charge in [0.25, 0.3) is 0 Å². The Bertz CT molecular complexity index is 779. The Labute approximate surface area is 156 Å². The molecule has 0 unspecified atom stereocenters. The van der Waals surface area contributed by atoms with Crippen molar-refractivity contribution in [1.29, 1.82) is 0 Å². The van der Waals surface area contributed by atoms with E-state index in [4.69, 9.17) is 4.74 Å². The van der Waals surface area contributed by atoms with Gasteiger partial charge in [-0.05, 0) is 73.1 Å². The van der Waals surface area contributed by atoms with Gasteiger partial charge in [-0.2, -0.15) is 0 Å². The zero-order valence-corrected chi connectivity index (χ0v) is 15.8. The number of nitrogens with one attached hydrogen (secondary N) is 1. The molecule has 4 heteroatoms. The van der Waals surface area contributed by atoms with Gasteiger partial charge in [-0.1, -0.05) is 34.1 Å².